The minimum Gasteiger partial charge on any atom is -0.304 e. The summed E-state index contributed by atoms with van der Waals surface area (Å²) in [6.45, 7) is 3.10. The zero-order valence-electron chi connectivity index (χ0n) is 16.9. The molecule has 1 unspecified atom stereocenters. The molecule has 1 aromatic heterocycles. The van der Waals surface area contributed by atoms with Gasteiger partial charge in [0.05, 0.1) is 11.0 Å². The lowest BCUT2D eigenvalue weighted by molar-refractivity contribution is 0.106. The van der Waals surface area contributed by atoms with Crippen LogP contribution in [0, 0.1) is 0 Å². The van der Waals surface area contributed by atoms with Crippen LogP contribution in [-0.4, -0.2) is 32.6 Å². The van der Waals surface area contributed by atoms with Gasteiger partial charge in [-0.3, -0.25) is 9.69 Å². The number of hydrogen-bond acceptors (Lipinski definition) is 3. The highest BCUT2D eigenvalue weighted by molar-refractivity contribution is 6.29. The molecule has 152 valence electrons. The topological polar surface area (TPSA) is 38.1 Å². The molecule has 2 atom stereocenters. The van der Waals surface area contributed by atoms with Crippen molar-refractivity contribution in [1.29, 1.82) is 0 Å². The molecule has 2 aliphatic rings. The van der Waals surface area contributed by atoms with Crippen molar-refractivity contribution in [3.8, 4) is 0 Å². The van der Waals surface area contributed by atoms with Crippen molar-refractivity contribution in [2.75, 3.05) is 0 Å². The average molecular weight is 402 g/mol. The minimum atomic E-state index is -0.163. The standard InChI is InChI=1S/C23H32ClN3O/c1-17-13-14-19(27(17)18-9-5-3-2-4-6-10-18)15-16-26-21-12-8-7-11-20(21)25-22(24)23(26)28/h7-8,11-12,17-19H,2-6,9-10,13-16H2,1H3/t17?,19-/m0/s1. The number of benzene rings is 1. The van der Waals surface area contributed by atoms with Gasteiger partial charge in [0.2, 0.25) is 0 Å². The highest BCUT2D eigenvalue weighted by atomic mass is 35.5. The van der Waals surface area contributed by atoms with E-state index in [2.05, 4.69) is 16.8 Å². The number of fused-ring (bicyclic) bond motifs is 1. The molecule has 1 aliphatic carbocycles. The lowest BCUT2D eigenvalue weighted by Crippen LogP contribution is -2.44. The Labute approximate surface area is 172 Å². The molecule has 1 aromatic carbocycles. The summed E-state index contributed by atoms with van der Waals surface area (Å²) in [4.78, 5) is 19.7. The molecule has 2 heterocycles. The first-order valence-electron chi connectivity index (χ1n) is 11.1. The third-order valence-electron chi connectivity index (χ3n) is 6.84. The molecule has 0 spiro atoms. The van der Waals surface area contributed by atoms with Crippen LogP contribution in [0.1, 0.15) is 71.1 Å². The maximum atomic E-state index is 12.7. The first kappa shape index (κ1) is 19.9. The fourth-order valence-corrected chi connectivity index (χ4v) is 5.63. The normalized spacial score (nSPS) is 25.1. The van der Waals surface area contributed by atoms with Gasteiger partial charge in [-0.1, -0.05) is 55.8 Å². The number of aryl methyl sites for hydroxylation is 1. The number of para-hydroxylation sites is 2. The summed E-state index contributed by atoms with van der Waals surface area (Å²) in [5.74, 6) is 0. The Kier molecular flexibility index (Phi) is 6.37. The van der Waals surface area contributed by atoms with E-state index in [9.17, 15) is 4.79 Å². The van der Waals surface area contributed by atoms with E-state index in [-0.39, 0.29) is 10.7 Å². The second-order valence-electron chi connectivity index (χ2n) is 8.66. The summed E-state index contributed by atoms with van der Waals surface area (Å²) >= 11 is 6.14. The van der Waals surface area contributed by atoms with E-state index in [1.165, 1.54) is 57.8 Å². The Morgan fingerprint density at radius 2 is 1.75 bits per heavy atom. The largest absolute Gasteiger partial charge is 0.304 e. The van der Waals surface area contributed by atoms with Crippen molar-refractivity contribution in [2.45, 2.75) is 95.8 Å². The Bertz CT molecular complexity index is 857. The fraction of sp³-hybridized carbons (Fsp3) is 0.652. The Morgan fingerprint density at radius 1 is 1.04 bits per heavy atom. The van der Waals surface area contributed by atoms with Crippen molar-refractivity contribution in [3.05, 3.63) is 39.8 Å². The molecule has 0 amide bonds. The minimum absolute atomic E-state index is 0.0790. The lowest BCUT2D eigenvalue weighted by Gasteiger charge is -2.37. The Morgan fingerprint density at radius 3 is 2.54 bits per heavy atom. The van der Waals surface area contributed by atoms with Crippen molar-refractivity contribution in [3.63, 3.8) is 0 Å². The monoisotopic (exact) mass is 401 g/mol. The summed E-state index contributed by atoms with van der Waals surface area (Å²) in [7, 11) is 0. The van der Waals surface area contributed by atoms with Gasteiger partial charge >= 0.3 is 0 Å². The van der Waals surface area contributed by atoms with Gasteiger partial charge < -0.3 is 4.57 Å². The van der Waals surface area contributed by atoms with Gasteiger partial charge in [0.1, 0.15) is 0 Å². The van der Waals surface area contributed by atoms with Gasteiger partial charge in [0.25, 0.3) is 5.56 Å². The molecule has 4 rings (SSSR count). The van der Waals surface area contributed by atoms with Crippen molar-refractivity contribution in [2.24, 2.45) is 0 Å². The van der Waals surface area contributed by atoms with Crippen LogP contribution >= 0.6 is 11.6 Å². The number of rotatable bonds is 4. The first-order valence-corrected chi connectivity index (χ1v) is 11.5. The second kappa shape index (κ2) is 8.96. The molecule has 4 nitrogen and oxygen atoms in total. The Balaban J connectivity index is 1.53. The third-order valence-corrected chi connectivity index (χ3v) is 7.09. The van der Waals surface area contributed by atoms with Crippen molar-refractivity contribution >= 4 is 22.6 Å². The number of likely N-dealkylation sites (tertiary alicyclic amines) is 1. The SMILES string of the molecule is CC1CC[C@@H](CCn2c(=O)c(Cl)nc3ccccc32)N1C1CCCCCCC1. The van der Waals surface area contributed by atoms with Crippen molar-refractivity contribution < 1.29 is 0 Å². The smallest absolute Gasteiger partial charge is 0.288 e. The van der Waals surface area contributed by atoms with Crippen LogP contribution in [-0.2, 0) is 6.54 Å². The van der Waals surface area contributed by atoms with Gasteiger partial charge in [-0.2, -0.15) is 0 Å². The van der Waals surface area contributed by atoms with Gasteiger partial charge in [0, 0.05) is 24.7 Å². The zero-order chi connectivity index (χ0) is 19.5. The summed E-state index contributed by atoms with van der Waals surface area (Å²) in [5, 5.41) is 0.0790. The maximum absolute atomic E-state index is 12.7. The second-order valence-corrected chi connectivity index (χ2v) is 9.02. The van der Waals surface area contributed by atoms with E-state index in [0.717, 1.165) is 23.5 Å². The summed E-state index contributed by atoms with van der Waals surface area (Å²) in [6, 6.07) is 9.75. The van der Waals surface area contributed by atoms with Crippen LogP contribution < -0.4 is 5.56 Å². The van der Waals surface area contributed by atoms with Crippen LogP contribution in [0.3, 0.4) is 0 Å². The maximum Gasteiger partial charge on any atom is 0.288 e. The summed E-state index contributed by atoms with van der Waals surface area (Å²) in [5.41, 5.74) is 1.52. The highest BCUT2D eigenvalue weighted by Gasteiger charge is 2.35. The molecule has 0 N–H and O–H groups in total. The molecule has 0 bridgehead atoms. The molecule has 2 aromatic rings. The van der Waals surface area contributed by atoms with Crippen LogP contribution in [0.25, 0.3) is 11.0 Å². The fourth-order valence-electron chi connectivity index (χ4n) is 5.44. The molecular formula is C23H32ClN3O. The van der Waals surface area contributed by atoms with Crippen molar-refractivity contribution in [1.82, 2.24) is 14.5 Å². The number of halogens is 1. The molecule has 5 heteroatoms. The van der Waals surface area contributed by atoms with Crippen LogP contribution in [0.2, 0.25) is 5.15 Å². The van der Waals surface area contributed by atoms with Gasteiger partial charge in [-0.25, -0.2) is 4.98 Å². The quantitative estimate of drug-likeness (QED) is 0.687. The molecule has 0 radical (unpaired) electrons. The van der Waals surface area contributed by atoms with Gasteiger partial charge in [-0.15, -0.1) is 0 Å². The first-order chi connectivity index (χ1) is 13.6. The van der Waals surface area contributed by atoms with Crippen LogP contribution in [0.5, 0.6) is 0 Å². The predicted molar refractivity (Wildman–Crippen MR) is 116 cm³/mol. The van der Waals surface area contributed by atoms with E-state index in [0.29, 0.717) is 18.6 Å². The van der Waals surface area contributed by atoms with Gasteiger partial charge in [-0.05, 0) is 51.2 Å². The average Bonchev–Trinajstić information content (AvgIpc) is 3.03. The number of aromatic nitrogens is 2. The van der Waals surface area contributed by atoms with Crippen LogP contribution in [0.15, 0.2) is 29.1 Å². The third kappa shape index (κ3) is 4.13. The molecule has 1 saturated heterocycles. The van der Waals surface area contributed by atoms with Crippen LogP contribution in [0.4, 0.5) is 0 Å². The lowest BCUT2D eigenvalue weighted by atomic mass is 9.94. The van der Waals surface area contributed by atoms with E-state index < -0.39 is 0 Å². The Hall–Kier alpha value is -1.39. The predicted octanol–water partition coefficient (Wildman–Crippen LogP) is 5.41. The van der Waals surface area contributed by atoms with E-state index in [1.54, 1.807) is 0 Å². The summed E-state index contributed by atoms with van der Waals surface area (Å²) < 4.78 is 1.84. The van der Waals surface area contributed by atoms with E-state index in [4.69, 9.17) is 11.6 Å². The molecule has 1 aliphatic heterocycles. The number of hydrogen-bond donors (Lipinski definition) is 0. The molecule has 1 saturated carbocycles. The summed E-state index contributed by atoms with van der Waals surface area (Å²) in [6.07, 6.45) is 13.1. The highest BCUT2D eigenvalue weighted by Crippen LogP contribution is 2.33. The number of nitrogens with zero attached hydrogens (tertiary/aromatic N) is 3. The van der Waals surface area contributed by atoms with E-state index >= 15 is 0 Å². The van der Waals surface area contributed by atoms with Gasteiger partial charge in [0.15, 0.2) is 5.15 Å². The molecular weight excluding hydrogens is 370 g/mol. The van der Waals surface area contributed by atoms with E-state index in [1.807, 2.05) is 28.8 Å². The molecule has 2 fully saturated rings. The zero-order valence-corrected chi connectivity index (χ0v) is 17.7. The molecule has 28 heavy (non-hydrogen) atoms.